The van der Waals surface area contributed by atoms with Gasteiger partial charge in [-0.25, -0.2) is 0 Å². The van der Waals surface area contributed by atoms with Crippen molar-refractivity contribution in [2.75, 3.05) is 25.0 Å². The van der Waals surface area contributed by atoms with Gasteiger partial charge in [0.2, 0.25) is 0 Å². The summed E-state index contributed by atoms with van der Waals surface area (Å²) in [5, 5.41) is 0.768. The van der Waals surface area contributed by atoms with Gasteiger partial charge in [0.1, 0.15) is 0 Å². The van der Waals surface area contributed by atoms with Gasteiger partial charge in [0.15, 0.2) is 0 Å². The Bertz CT molecular complexity index is 1090. The maximum absolute atomic E-state index is 6.01. The van der Waals surface area contributed by atoms with Crippen molar-refractivity contribution in [3.63, 3.8) is 0 Å². The number of hydrogen-bond donors (Lipinski definition) is 0. The third-order valence-corrected chi connectivity index (χ3v) is 6.90. The quantitative estimate of drug-likeness (QED) is 0.310. The Morgan fingerprint density at radius 1 is 1.03 bits per heavy atom. The number of para-hydroxylation sites is 1. The summed E-state index contributed by atoms with van der Waals surface area (Å²) in [5.74, 6) is 0.892. The summed E-state index contributed by atoms with van der Waals surface area (Å²) in [4.78, 5) is 8.34. The molecule has 0 fully saturated rings. The van der Waals surface area contributed by atoms with Crippen LogP contribution in [0, 0.1) is 0 Å². The van der Waals surface area contributed by atoms with Crippen LogP contribution in [-0.2, 0) is 5.75 Å². The van der Waals surface area contributed by atoms with Gasteiger partial charge in [-0.2, -0.15) is 0 Å². The minimum Gasteiger partial charge on any atom is -0.372 e. The zero-order valence-electron chi connectivity index (χ0n) is 18.7. The molecule has 0 atom stereocenters. The van der Waals surface area contributed by atoms with Crippen LogP contribution in [0.5, 0.6) is 0 Å². The van der Waals surface area contributed by atoms with Crippen LogP contribution in [0.3, 0.4) is 0 Å². The van der Waals surface area contributed by atoms with Crippen LogP contribution in [-0.4, -0.2) is 25.8 Å². The molecule has 1 aliphatic heterocycles. The lowest BCUT2D eigenvalue weighted by Crippen LogP contribution is -2.20. The number of thioether (sulfide) groups is 1. The monoisotopic (exact) mass is 526 g/mol. The van der Waals surface area contributed by atoms with Crippen LogP contribution in [0.15, 0.2) is 87.2 Å². The van der Waals surface area contributed by atoms with E-state index in [2.05, 4.69) is 94.6 Å². The van der Waals surface area contributed by atoms with Gasteiger partial charge < -0.3 is 4.90 Å². The van der Waals surface area contributed by atoms with Crippen LogP contribution >= 0.6 is 39.3 Å². The van der Waals surface area contributed by atoms with E-state index in [9.17, 15) is 0 Å². The maximum Gasteiger partial charge on any atom is 0.0668 e. The smallest absolute Gasteiger partial charge is 0.0668 e. The van der Waals surface area contributed by atoms with Gasteiger partial charge in [-0.3, -0.25) is 4.99 Å². The molecule has 0 radical (unpaired) electrons. The highest BCUT2D eigenvalue weighted by atomic mass is 79.9. The van der Waals surface area contributed by atoms with Gasteiger partial charge in [-0.15, -0.1) is 11.8 Å². The first-order valence-electron chi connectivity index (χ1n) is 10.8. The number of rotatable bonds is 5. The third-order valence-electron chi connectivity index (χ3n) is 5.01. The van der Waals surface area contributed by atoms with E-state index in [-0.39, 0.29) is 0 Å². The molecule has 0 aromatic heterocycles. The average molecular weight is 528 g/mol. The van der Waals surface area contributed by atoms with Crippen molar-refractivity contribution in [3.05, 3.63) is 99.0 Å². The first-order chi connectivity index (χ1) is 15.6. The second-order valence-electron chi connectivity index (χ2n) is 7.14. The summed E-state index contributed by atoms with van der Waals surface area (Å²) in [6.07, 6.45) is 4.32. The predicted molar refractivity (Wildman–Crippen MR) is 147 cm³/mol. The molecule has 3 aromatic rings. The van der Waals surface area contributed by atoms with Gasteiger partial charge >= 0.3 is 0 Å². The first kappa shape index (κ1) is 24.6. The summed E-state index contributed by atoms with van der Waals surface area (Å²) in [7, 11) is 2.13. The molecule has 0 spiro atoms. The molecule has 32 heavy (non-hydrogen) atoms. The van der Waals surface area contributed by atoms with E-state index in [0.717, 1.165) is 34.0 Å². The molecule has 5 heteroatoms. The van der Waals surface area contributed by atoms with Crippen LogP contribution < -0.4 is 4.90 Å². The number of benzene rings is 3. The number of allylic oxidation sites excluding steroid dienone is 1. The van der Waals surface area contributed by atoms with E-state index in [1.54, 1.807) is 0 Å². The highest BCUT2D eigenvalue weighted by Crippen LogP contribution is 2.31. The molecule has 1 heterocycles. The largest absolute Gasteiger partial charge is 0.372 e. The summed E-state index contributed by atoms with van der Waals surface area (Å²) in [5.41, 5.74) is 5.89. The Morgan fingerprint density at radius 2 is 1.78 bits per heavy atom. The summed E-state index contributed by atoms with van der Waals surface area (Å²) in [6, 6.07) is 22.9. The van der Waals surface area contributed by atoms with Gasteiger partial charge in [-0.1, -0.05) is 83.9 Å². The third kappa shape index (κ3) is 6.50. The molecule has 0 amide bonds. The molecule has 1 aliphatic rings. The highest BCUT2D eigenvalue weighted by molar-refractivity contribution is 9.10. The SMILES string of the molecule is CC.CN1CCN=C(/C=C/c2ccc(Br)cc2SCc2ccc(Cl)cc2)c2ccccc21. The number of nitrogens with zero attached hydrogens (tertiary/aromatic N) is 2. The molecular weight excluding hydrogens is 500 g/mol. The lowest BCUT2D eigenvalue weighted by atomic mass is 10.1. The molecule has 166 valence electrons. The lowest BCUT2D eigenvalue weighted by molar-refractivity contribution is 0.897. The van der Waals surface area contributed by atoms with Crippen molar-refractivity contribution in [3.8, 4) is 0 Å². The minimum atomic E-state index is 0.768. The molecular formula is C27H28BrClN2S. The van der Waals surface area contributed by atoms with E-state index >= 15 is 0 Å². The van der Waals surface area contributed by atoms with Gasteiger partial charge in [0.05, 0.1) is 12.3 Å². The number of anilines is 1. The molecule has 3 aromatic carbocycles. The summed E-state index contributed by atoms with van der Waals surface area (Å²) >= 11 is 11.4. The molecule has 2 nitrogen and oxygen atoms in total. The van der Waals surface area contributed by atoms with Crippen molar-refractivity contribution >= 4 is 56.8 Å². The minimum absolute atomic E-state index is 0.768. The molecule has 0 saturated carbocycles. The van der Waals surface area contributed by atoms with Crippen LogP contribution in [0.1, 0.15) is 30.5 Å². The standard InChI is InChI=1S/C25H22BrClN2S.C2H6/c1-29-15-14-28-23(22-4-2-3-5-24(22)29)13-9-19-8-10-20(26)16-25(19)30-17-18-6-11-21(27)12-7-18;1-2/h2-13,16H,14-15,17H2,1H3;1-2H3/b13-9+;. The fraction of sp³-hybridized carbons (Fsp3) is 0.222. The number of aliphatic imine (C=N–C) groups is 1. The lowest BCUT2D eigenvalue weighted by Gasteiger charge is -2.18. The number of fused-ring (bicyclic) bond motifs is 1. The second kappa shape index (κ2) is 12.3. The van der Waals surface area contributed by atoms with E-state index in [1.165, 1.54) is 27.3 Å². The number of benzodiazepines with no additional fused rings is 1. The van der Waals surface area contributed by atoms with Crippen molar-refractivity contribution in [2.24, 2.45) is 4.99 Å². The van der Waals surface area contributed by atoms with Crippen molar-refractivity contribution < 1.29 is 0 Å². The number of likely N-dealkylation sites (N-methyl/N-ethyl adjacent to an activating group) is 1. The first-order valence-corrected chi connectivity index (χ1v) is 13.0. The Hall–Kier alpha value is -2.01. The Balaban J connectivity index is 0.00000141. The van der Waals surface area contributed by atoms with Crippen molar-refractivity contribution in [1.82, 2.24) is 0 Å². The molecule has 0 saturated heterocycles. The fourth-order valence-electron chi connectivity index (χ4n) is 3.37. The zero-order chi connectivity index (χ0) is 22.9. The fourth-order valence-corrected chi connectivity index (χ4v) is 5.04. The number of halogens is 2. The van der Waals surface area contributed by atoms with E-state index in [1.807, 2.05) is 37.7 Å². The molecule has 0 bridgehead atoms. The molecule has 0 N–H and O–H groups in total. The van der Waals surface area contributed by atoms with Crippen LogP contribution in [0.2, 0.25) is 5.02 Å². The molecule has 0 unspecified atom stereocenters. The van der Waals surface area contributed by atoms with Crippen LogP contribution in [0.25, 0.3) is 6.08 Å². The number of hydrogen-bond acceptors (Lipinski definition) is 3. The molecule has 4 rings (SSSR count). The summed E-state index contributed by atoms with van der Waals surface area (Å²) in [6.45, 7) is 5.72. The van der Waals surface area contributed by atoms with E-state index in [4.69, 9.17) is 16.6 Å². The van der Waals surface area contributed by atoms with Crippen LogP contribution in [0.4, 0.5) is 5.69 Å². The molecule has 0 aliphatic carbocycles. The predicted octanol–water partition coefficient (Wildman–Crippen LogP) is 8.37. The van der Waals surface area contributed by atoms with E-state index in [0.29, 0.717) is 0 Å². The van der Waals surface area contributed by atoms with E-state index < -0.39 is 0 Å². The Kier molecular flexibility index (Phi) is 9.46. The highest BCUT2D eigenvalue weighted by Gasteiger charge is 2.14. The van der Waals surface area contributed by atoms with Gasteiger partial charge in [-0.05, 0) is 47.5 Å². The van der Waals surface area contributed by atoms with Gasteiger partial charge in [0.25, 0.3) is 0 Å². The van der Waals surface area contributed by atoms with Gasteiger partial charge in [0, 0.05) is 45.0 Å². The second-order valence-corrected chi connectivity index (χ2v) is 9.51. The summed E-state index contributed by atoms with van der Waals surface area (Å²) < 4.78 is 1.08. The maximum atomic E-state index is 6.01. The normalized spacial score (nSPS) is 13.2. The Labute approximate surface area is 209 Å². The van der Waals surface area contributed by atoms with Crippen molar-refractivity contribution in [1.29, 1.82) is 0 Å². The Morgan fingerprint density at radius 3 is 2.56 bits per heavy atom. The average Bonchev–Trinajstić information content (AvgIpc) is 2.98. The zero-order valence-corrected chi connectivity index (χ0v) is 21.8. The van der Waals surface area contributed by atoms with Crippen molar-refractivity contribution in [2.45, 2.75) is 24.5 Å². The topological polar surface area (TPSA) is 15.6 Å².